The van der Waals surface area contributed by atoms with Crippen LogP contribution in [0.3, 0.4) is 0 Å². The van der Waals surface area contributed by atoms with Crippen LogP contribution in [0.1, 0.15) is 92.1 Å². The Bertz CT molecular complexity index is 1910. The lowest BCUT2D eigenvalue weighted by molar-refractivity contribution is -0.146. The molecule has 1 saturated heterocycles. The van der Waals surface area contributed by atoms with Gasteiger partial charge >= 0.3 is 5.97 Å². The number of amides is 5. The first-order chi connectivity index (χ1) is 33.2. The highest BCUT2D eigenvalue weighted by molar-refractivity contribution is 6.12. The molecule has 1 fully saturated rings. The number of guanidine groups is 1. The molecule has 5 amide bonds. The monoisotopic (exact) mass is 982 g/mol. The summed E-state index contributed by atoms with van der Waals surface area (Å²) in [6.45, 7) is 12.5. The van der Waals surface area contributed by atoms with E-state index >= 15 is 0 Å². The summed E-state index contributed by atoms with van der Waals surface area (Å²) in [5.74, 6) is -2.93. The number of nitrogens with one attached hydrogen (secondary N) is 1. The van der Waals surface area contributed by atoms with Gasteiger partial charge in [-0.3, -0.25) is 38.5 Å². The van der Waals surface area contributed by atoms with E-state index in [1.165, 1.54) is 12.2 Å². The maximum absolute atomic E-state index is 14.5. The number of likely N-dealkylation sites (tertiary alicyclic amines) is 1. The number of aliphatic imine (C=N–C) groups is 1. The summed E-state index contributed by atoms with van der Waals surface area (Å²) in [5.41, 5.74) is 0.880. The fraction of sp³-hybridized carbons (Fsp3) is 0.692. The van der Waals surface area contributed by atoms with Crippen molar-refractivity contribution in [2.45, 2.75) is 129 Å². The van der Waals surface area contributed by atoms with Gasteiger partial charge in [0.05, 0.1) is 49.9 Å². The molecular formula is C52H83N7O11. The molecule has 1 N–H and O–H groups in total. The highest BCUT2D eigenvalue weighted by Crippen LogP contribution is 2.31. The molecule has 2 aliphatic heterocycles. The number of Topliss-reactive ketones (excluding diaryl/α,β-unsaturated/α-hetero) is 1. The smallest absolute Gasteiger partial charge is 0.305 e. The number of imide groups is 1. The minimum atomic E-state index is -0.744. The van der Waals surface area contributed by atoms with E-state index in [1.807, 2.05) is 82.2 Å². The normalized spacial score (nSPS) is 18.1. The number of ketones is 1. The number of likely N-dealkylation sites (N-methyl/N-ethyl adjacent to an activating group) is 1. The predicted octanol–water partition coefficient (Wildman–Crippen LogP) is 4.00. The van der Waals surface area contributed by atoms with Crippen molar-refractivity contribution in [2.24, 2.45) is 28.7 Å². The Morgan fingerprint density at radius 1 is 0.871 bits per heavy atom. The van der Waals surface area contributed by atoms with Crippen LogP contribution in [0.15, 0.2) is 47.5 Å². The van der Waals surface area contributed by atoms with Crippen LogP contribution < -0.4 is 5.32 Å². The SMILES string of the molecule is CC[C@H](C)[C@@H]([C@@H](CC(=O)N1CCC[C@H]1[C@H](OC)[C@@H](C)C(=O)C[C@@H](Cc1ccccc1)C(=O)N[C@@H](C)COC(=O)CCCOCCN1C(=O)C=CC1=O)OC)N(C)C(=O)[C@@H](N=C(N(C)C)N(C)C)C(C)C. The molecule has 1 aromatic rings. The summed E-state index contributed by atoms with van der Waals surface area (Å²) in [4.78, 5) is 106. The quantitative estimate of drug-likeness (QED) is 0.0398. The van der Waals surface area contributed by atoms with Crippen LogP contribution in [-0.2, 0) is 58.9 Å². The first-order valence-corrected chi connectivity index (χ1v) is 24.8. The lowest BCUT2D eigenvalue weighted by atomic mass is 9.85. The summed E-state index contributed by atoms with van der Waals surface area (Å²) in [5, 5.41) is 2.94. The highest BCUT2D eigenvalue weighted by atomic mass is 16.5. The minimum absolute atomic E-state index is 0.0146. The number of hydrogen-bond donors (Lipinski definition) is 1. The van der Waals surface area contributed by atoms with Gasteiger partial charge in [-0.15, -0.1) is 0 Å². The van der Waals surface area contributed by atoms with E-state index < -0.39 is 54.2 Å². The van der Waals surface area contributed by atoms with Gasteiger partial charge in [0.25, 0.3) is 11.8 Å². The number of ether oxygens (including phenoxy) is 4. The Kier molecular flexibility index (Phi) is 24.7. The second-order valence-electron chi connectivity index (χ2n) is 19.5. The largest absolute Gasteiger partial charge is 0.463 e. The van der Waals surface area contributed by atoms with Crippen LogP contribution in [0.5, 0.6) is 0 Å². The standard InChI is InChI=1S/C52H83N7O11/c1-14-35(4)48(57(11)51(66)47(34(2)3)54-52(55(7)8)56(9)10)42(67-12)32-45(63)58-26-18-22-40(58)49(68-13)37(6)41(60)31-39(30-38-20-16-15-17-21-38)50(65)53-36(5)33-70-46(64)23-19-28-69-29-27-59-43(61)24-25-44(59)62/h15-17,20-21,24-25,34-37,39-40,42,47-49H,14,18-19,22-23,26-33H2,1-13H3,(H,53,65)/t35-,36-,37-,39+,40-,42+,47-,48-,49+/m0/s1. The van der Waals surface area contributed by atoms with Gasteiger partial charge < -0.3 is 43.9 Å². The lowest BCUT2D eigenvalue weighted by Crippen LogP contribution is -2.55. The number of rotatable bonds is 29. The van der Waals surface area contributed by atoms with Crippen molar-refractivity contribution in [3.8, 4) is 0 Å². The van der Waals surface area contributed by atoms with Gasteiger partial charge in [0.15, 0.2) is 5.96 Å². The Labute approximate surface area is 416 Å². The third-order valence-corrected chi connectivity index (χ3v) is 13.3. The molecule has 0 aliphatic carbocycles. The zero-order chi connectivity index (χ0) is 52.2. The molecule has 2 aliphatic rings. The summed E-state index contributed by atoms with van der Waals surface area (Å²) >= 11 is 0. The lowest BCUT2D eigenvalue weighted by Gasteiger charge is -2.40. The zero-order valence-electron chi connectivity index (χ0n) is 44.2. The predicted molar refractivity (Wildman–Crippen MR) is 267 cm³/mol. The van der Waals surface area contributed by atoms with Gasteiger partial charge in [-0.2, -0.15) is 0 Å². The van der Waals surface area contributed by atoms with Gasteiger partial charge in [-0.1, -0.05) is 71.4 Å². The number of hydrogen-bond acceptors (Lipinski definition) is 12. The summed E-state index contributed by atoms with van der Waals surface area (Å²) in [6, 6.07) is 7.39. The molecule has 0 spiro atoms. The van der Waals surface area contributed by atoms with E-state index in [-0.39, 0.29) is 92.8 Å². The number of methoxy groups -OCH3 is 2. The van der Waals surface area contributed by atoms with Crippen LogP contribution >= 0.6 is 0 Å². The molecular weight excluding hydrogens is 899 g/mol. The number of benzene rings is 1. The zero-order valence-corrected chi connectivity index (χ0v) is 44.2. The first-order valence-electron chi connectivity index (χ1n) is 24.8. The number of esters is 1. The summed E-state index contributed by atoms with van der Waals surface area (Å²) < 4.78 is 23.1. The molecule has 9 atom stereocenters. The van der Waals surface area contributed by atoms with Crippen molar-refractivity contribution in [1.82, 2.24) is 29.8 Å². The molecule has 0 saturated carbocycles. The molecule has 0 unspecified atom stereocenters. The molecule has 392 valence electrons. The maximum Gasteiger partial charge on any atom is 0.305 e. The topological polar surface area (TPSA) is 197 Å². The van der Waals surface area contributed by atoms with Crippen LogP contribution in [0.25, 0.3) is 0 Å². The summed E-state index contributed by atoms with van der Waals surface area (Å²) in [6.07, 6.45) is 3.90. The van der Waals surface area contributed by atoms with Crippen LogP contribution in [0.2, 0.25) is 0 Å². The van der Waals surface area contributed by atoms with Crippen LogP contribution in [0, 0.1) is 23.7 Å². The highest BCUT2D eigenvalue weighted by Gasteiger charge is 2.43. The van der Waals surface area contributed by atoms with E-state index in [9.17, 15) is 33.6 Å². The molecule has 0 aromatic heterocycles. The second kappa shape index (κ2) is 29.2. The Morgan fingerprint density at radius 2 is 1.51 bits per heavy atom. The Balaban J connectivity index is 1.68. The van der Waals surface area contributed by atoms with Gasteiger partial charge in [0.1, 0.15) is 18.4 Å². The van der Waals surface area contributed by atoms with Crippen LogP contribution in [0.4, 0.5) is 0 Å². The van der Waals surface area contributed by atoms with Gasteiger partial charge in [-0.05, 0) is 50.0 Å². The molecule has 0 radical (unpaired) electrons. The van der Waals surface area contributed by atoms with Crippen molar-refractivity contribution in [1.29, 1.82) is 0 Å². The van der Waals surface area contributed by atoms with E-state index in [2.05, 4.69) is 19.2 Å². The van der Waals surface area contributed by atoms with Crippen molar-refractivity contribution >= 4 is 47.2 Å². The van der Waals surface area contributed by atoms with E-state index in [4.69, 9.17) is 23.9 Å². The fourth-order valence-corrected chi connectivity index (χ4v) is 9.30. The van der Waals surface area contributed by atoms with E-state index in [0.29, 0.717) is 31.8 Å². The number of nitrogens with zero attached hydrogens (tertiary/aromatic N) is 6. The number of carbonyl (C=O) groups is 7. The molecule has 0 bridgehead atoms. The molecule has 2 heterocycles. The van der Waals surface area contributed by atoms with Crippen molar-refractivity contribution in [2.75, 3.05) is 82.4 Å². The third kappa shape index (κ3) is 17.3. The third-order valence-electron chi connectivity index (χ3n) is 13.3. The summed E-state index contributed by atoms with van der Waals surface area (Å²) in [7, 11) is 12.5. The average molecular weight is 982 g/mol. The maximum atomic E-state index is 14.5. The molecule has 18 nitrogen and oxygen atoms in total. The fourth-order valence-electron chi connectivity index (χ4n) is 9.30. The van der Waals surface area contributed by atoms with Crippen molar-refractivity contribution in [3.63, 3.8) is 0 Å². The molecule has 1 aromatic carbocycles. The molecule has 70 heavy (non-hydrogen) atoms. The van der Waals surface area contributed by atoms with Crippen molar-refractivity contribution in [3.05, 3.63) is 48.0 Å². The molecule has 3 rings (SSSR count). The van der Waals surface area contributed by atoms with E-state index in [0.717, 1.165) is 23.3 Å². The average Bonchev–Trinajstić information content (AvgIpc) is 3.94. The van der Waals surface area contributed by atoms with Crippen LogP contribution in [-0.4, -0.2) is 190 Å². The van der Waals surface area contributed by atoms with Gasteiger partial charge in [0.2, 0.25) is 17.7 Å². The second-order valence-corrected chi connectivity index (χ2v) is 19.5. The van der Waals surface area contributed by atoms with Crippen molar-refractivity contribution < 1.29 is 52.5 Å². The van der Waals surface area contributed by atoms with E-state index in [1.54, 1.807) is 44.9 Å². The van der Waals surface area contributed by atoms with Gasteiger partial charge in [0, 0.05) is 99.4 Å². The molecule has 18 heteroatoms. The first kappa shape index (κ1) is 59.1. The number of carbonyl (C=O) groups excluding carboxylic acids is 7. The Morgan fingerprint density at radius 3 is 2.09 bits per heavy atom. The minimum Gasteiger partial charge on any atom is -0.463 e. The Hall–Kier alpha value is -5.20. The van der Waals surface area contributed by atoms with Gasteiger partial charge in [-0.25, -0.2) is 4.99 Å².